The van der Waals surface area contributed by atoms with Gasteiger partial charge in [0.05, 0.1) is 23.5 Å². The zero-order valence-electron chi connectivity index (χ0n) is 16.7. The molecule has 0 aliphatic rings. The van der Waals surface area contributed by atoms with E-state index in [1.165, 1.54) is 34.6 Å². The Labute approximate surface area is 178 Å². The van der Waals surface area contributed by atoms with Gasteiger partial charge >= 0.3 is 0 Å². The maximum Gasteiger partial charge on any atom is 0.230 e. The summed E-state index contributed by atoms with van der Waals surface area (Å²) >= 11 is 1.43. The highest BCUT2D eigenvalue weighted by Crippen LogP contribution is 2.23. The number of nitrogens with one attached hydrogen (secondary N) is 1. The number of para-hydroxylation sites is 1. The fourth-order valence-corrected chi connectivity index (χ4v) is 4.14. The second kappa shape index (κ2) is 8.59. The number of hydrogen-bond donors (Lipinski definition) is 1. The normalized spacial score (nSPS) is 10.9. The molecule has 0 fully saturated rings. The van der Waals surface area contributed by atoms with Crippen molar-refractivity contribution >= 4 is 22.9 Å². The van der Waals surface area contributed by atoms with E-state index in [2.05, 4.69) is 27.5 Å². The maximum atomic E-state index is 13.7. The van der Waals surface area contributed by atoms with Crippen molar-refractivity contribution in [2.75, 3.05) is 5.32 Å². The van der Waals surface area contributed by atoms with E-state index >= 15 is 0 Å². The third-order valence-electron chi connectivity index (χ3n) is 4.88. The van der Waals surface area contributed by atoms with E-state index in [0.717, 1.165) is 17.8 Å². The quantitative estimate of drug-likeness (QED) is 0.485. The molecule has 0 radical (unpaired) electrons. The van der Waals surface area contributed by atoms with Crippen LogP contribution in [0.4, 0.5) is 10.1 Å². The molecule has 0 saturated heterocycles. The summed E-state index contributed by atoms with van der Waals surface area (Å²) in [4.78, 5) is 16.8. The molecule has 5 nitrogen and oxygen atoms in total. The summed E-state index contributed by atoms with van der Waals surface area (Å²) in [6.07, 6.45) is 0.878. The third-order valence-corrected chi connectivity index (χ3v) is 5.74. The number of rotatable bonds is 6. The van der Waals surface area contributed by atoms with Gasteiger partial charge in [-0.25, -0.2) is 14.1 Å². The molecule has 1 N–H and O–H groups in total. The van der Waals surface area contributed by atoms with E-state index in [1.54, 1.807) is 12.1 Å². The fourth-order valence-electron chi connectivity index (χ4n) is 3.31. The first-order chi connectivity index (χ1) is 14.5. The highest BCUT2D eigenvalue weighted by Gasteiger charge is 2.17. The molecule has 0 spiro atoms. The van der Waals surface area contributed by atoms with Crippen LogP contribution >= 0.6 is 11.3 Å². The number of hydrogen-bond acceptors (Lipinski definition) is 4. The first-order valence-corrected chi connectivity index (χ1v) is 10.5. The minimum atomic E-state index is -0.460. The number of anilines is 1. The first-order valence-electron chi connectivity index (χ1n) is 9.59. The zero-order valence-corrected chi connectivity index (χ0v) is 17.5. The summed E-state index contributed by atoms with van der Waals surface area (Å²) in [7, 11) is 0. The largest absolute Gasteiger partial charge is 0.323 e. The van der Waals surface area contributed by atoms with Crippen molar-refractivity contribution in [3.8, 4) is 5.13 Å². The van der Waals surface area contributed by atoms with Crippen molar-refractivity contribution in [2.45, 2.75) is 26.7 Å². The molecule has 4 aromatic rings. The molecule has 0 aliphatic carbocycles. The van der Waals surface area contributed by atoms with E-state index in [1.807, 2.05) is 42.1 Å². The number of amides is 1. The standard InChI is InChI=1S/C23H21FN4OS/c1-15-19(12-17-8-4-3-5-9-17)16(2)28(27-15)23-25-18(14-30-23)13-22(29)26-21-11-7-6-10-20(21)24/h3-11,14H,12-13H2,1-2H3,(H,26,29). The van der Waals surface area contributed by atoms with E-state index in [4.69, 9.17) is 0 Å². The molecule has 0 aliphatic heterocycles. The molecule has 152 valence electrons. The average Bonchev–Trinajstić information content (AvgIpc) is 3.30. The third kappa shape index (κ3) is 4.31. The van der Waals surface area contributed by atoms with Gasteiger partial charge in [0.1, 0.15) is 5.82 Å². The van der Waals surface area contributed by atoms with Gasteiger partial charge in [-0.2, -0.15) is 5.10 Å². The number of carbonyl (C=O) groups excluding carboxylic acids is 1. The number of aromatic nitrogens is 3. The van der Waals surface area contributed by atoms with E-state index in [9.17, 15) is 9.18 Å². The summed E-state index contributed by atoms with van der Waals surface area (Å²) in [5.41, 5.74) is 5.20. The number of halogens is 1. The predicted octanol–water partition coefficient (Wildman–Crippen LogP) is 4.86. The van der Waals surface area contributed by atoms with Crippen molar-refractivity contribution in [1.82, 2.24) is 14.8 Å². The van der Waals surface area contributed by atoms with Gasteiger partial charge in [0.25, 0.3) is 0 Å². The van der Waals surface area contributed by atoms with Gasteiger partial charge in [0.2, 0.25) is 11.0 Å². The van der Waals surface area contributed by atoms with Gasteiger partial charge in [0, 0.05) is 23.1 Å². The van der Waals surface area contributed by atoms with E-state index in [-0.39, 0.29) is 18.0 Å². The van der Waals surface area contributed by atoms with E-state index in [0.29, 0.717) is 10.8 Å². The molecule has 0 bridgehead atoms. The number of benzene rings is 2. The number of nitrogens with zero attached hydrogens (tertiary/aromatic N) is 3. The molecule has 0 saturated carbocycles. The summed E-state index contributed by atoms with van der Waals surface area (Å²) in [6, 6.07) is 16.4. The molecular formula is C23H21FN4OS. The van der Waals surface area contributed by atoms with Gasteiger partial charge in [0.15, 0.2) is 0 Å². The number of carbonyl (C=O) groups is 1. The lowest BCUT2D eigenvalue weighted by atomic mass is 10.0. The van der Waals surface area contributed by atoms with Gasteiger partial charge in [-0.15, -0.1) is 11.3 Å². The van der Waals surface area contributed by atoms with Crippen molar-refractivity contribution < 1.29 is 9.18 Å². The Bertz CT molecular complexity index is 1180. The Morgan fingerprint density at radius 3 is 2.60 bits per heavy atom. The molecule has 30 heavy (non-hydrogen) atoms. The Morgan fingerprint density at radius 2 is 1.83 bits per heavy atom. The van der Waals surface area contributed by atoms with Gasteiger partial charge in [-0.3, -0.25) is 4.79 Å². The van der Waals surface area contributed by atoms with Crippen LogP contribution in [0.25, 0.3) is 5.13 Å². The topological polar surface area (TPSA) is 59.8 Å². The van der Waals surface area contributed by atoms with Crippen LogP contribution in [0.5, 0.6) is 0 Å². The Hall–Kier alpha value is -3.32. The highest BCUT2D eigenvalue weighted by atomic mass is 32.1. The highest BCUT2D eigenvalue weighted by molar-refractivity contribution is 7.12. The molecule has 2 aromatic heterocycles. The van der Waals surface area contributed by atoms with Crippen LogP contribution < -0.4 is 5.32 Å². The number of aryl methyl sites for hydroxylation is 1. The lowest BCUT2D eigenvalue weighted by Crippen LogP contribution is -2.15. The van der Waals surface area contributed by atoms with Crippen molar-refractivity contribution in [3.63, 3.8) is 0 Å². The molecule has 4 rings (SSSR count). The molecule has 0 unspecified atom stereocenters. The minimum Gasteiger partial charge on any atom is -0.323 e. The molecule has 2 aromatic carbocycles. The molecular weight excluding hydrogens is 399 g/mol. The zero-order chi connectivity index (χ0) is 21.1. The first kappa shape index (κ1) is 20.0. The molecule has 2 heterocycles. The lowest BCUT2D eigenvalue weighted by molar-refractivity contribution is -0.115. The second-order valence-electron chi connectivity index (χ2n) is 7.05. The summed E-state index contributed by atoms with van der Waals surface area (Å²) in [6.45, 7) is 4.03. The molecule has 1 amide bonds. The summed E-state index contributed by atoms with van der Waals surface area (Å²) in [5, 5.41) is 9.80. The van der Waals surface area contributed by atoms with Crippen LogP contribution in [-0.4, -0.2) is 20.7 Å². The van der Waals surface area contributed by atoms with E-state index < -0.39 is 5.82 Å². The molecule has 7 heteroatoms. The van der Waals surface area contributed by atoms with Crippen molar-refractivity contribution in [2.24, 2.45) is 0 Å². The van der Waals surface area contributed by atoms with Crippen molar-refractivity contribution in [1.29, 1.82) is 0 Å². The number of thiazole rings is 1. The summed E-state index contributed by atoms with van der Waals surface area (Å²) < 4.78 is 15.5. The van der Waals surface area contributed by atoms with Crippen LogP contribution in [0.15, 0.2) is 60.0 Å². The van der Waals surface area contributed by atoms with Crippen LogP contribution in [0.3, 0.4) is 0 Å². The lowest BCUT2D eigenvalue weighted by Gasteiger charge is -2.05. The van der Waals surface area contributed by atoms with Crippen molar-refractivity contribution in [3.05, 3.63) is 94.0 Å². The Kier molecular flexibility index (Phi) is 5.72. The fraction of sp³-hybridized carbons (Fsp3) is 0.174. The van der Waals surface area contributed by atoms with Crippen LogP contribution in [0.1, 0.15) is 28.2 Å². The smallest absolute Gasteiger partial charge is 0.230 e. The summed E-state index contributed by atoms with van der Waals surface area (Å²) in [5.74, 6) is -0.770. The van der Waals surface area contributed by atoms with Gasteiger partial charge < -0.3 is 5.32 Å². The van der Waals surface area contributed by atoms with Crippen LogP contribution in [-0.2, 0) is 17.6 Å². The van der Waals surface area contributed by atoms with Gasteiger partial charge in [-0.1, -0.05) is 42.5 Å². The Morgan fingerprint density at radius 1 is 1.10 bits per heavy atom. The second-order valence-corrected chi connectivity index (χ2v) is 7.89. The SMILES string of the molecule is Cc1nn(-c2nc(CC(=O)Nc3ccccc3F)cs2)c(C)c1Cc1ccccc1. The van der Waals surface area contributed by atoms with Crippen LogP contribution in [0.2, 0.25) is 0 Å². The average molecular weight is 421 g/mol. The Balaban J connectivity index is 1.49. The van der Waals surface area contributed by atoms with Crippen LogP contribution in [0, 0.1) is 19.7 Å². The van der Waals surface area contributed by atoms with Gasteiger partial charge in [-0.05, 0) is 31.5 Å². The minimum absolute atomic E-state index is 0.0704. The molecule has 0 atom stereocenters. The maximum absolute atomic E-state index is 13.7. The predicted molar refractivity (Wildman–Crippen MR) is 117 cm³/mol. The monoisotopic (exact) mass is 420 g/mol.